The van der Waals surface area contributed by atoms with Crippen LogP contribution in [0.15, 0.2) is 84.9 Å². The Morgan fingerprint density at radius 3 is 1.40 bits per heavy atom. The van der Waals surface area contributed by atoms with Crippen LogP contribution in [0, 0.1) is 0 Å². The van der Waals surface area contributed by atoms with Gasteiger partial charge in [0.1, 0.15) is 11.5 Å². The first-order valence-corrected chi connectivity index (χ1v) is 13.4. The van der Waals surface area contributed by atoms with Gasteiger partial charge in [-0.2, -0.15) is 0 Å². The fraction of sp³-hybridized carbons (Fsp3) is 0.250. The van der Waals surface area contributed by atoms with E-state index >= 15 is 0 Å². The summed E-state index contributed by atoms with van der Waals surface area (Å²) in [6.07, 6.45) is 7.43. The maximum atomic E-state index is 12.7. The molecule has 2 N–H and O–H groups in total. The third-order valence-electron chi connectivity index (χ3n) is 6.27. The summed E-state index contributed by atoms with van der Waals surface area (Å²) < 4.78 is 10.8. The van der Waals surface area contributed by atoms with Gasteiger partial charge >= 0.3 is 11.9 Å². The van der Waals surface area contributed by atoms with Gasteiger partial charge in [-0.1, -0.05) is 42.5 Å². The molecule has 0 unspecified atom stereocenters. The van der Waals surface area contributed by atoms with Crippen LogP contribution in [-0.2, 0) is 22.7 Å². The average Bonchev–Trinajstić information content (AvgIpc) is 2.97. The van der Waals surface area contributed by atoms with E-state index in [0.29, 0.717) is 48.3 Å². The molecule has 8 nitrogen and oxygen atoms in total. The Morgan fingerprint density at radius 2 is 0.975 bits per heavy atom. The van der Waals surface area contributed by atoms with Gasteiger partial charge < -0.3 is 20.1 Å². The van der Waals surface area contributed by atoms with Gasteiger partial charge in [0.15, 0.2) is 0 Å². The van der Waals surface area contributed by atoms with E-state index in [1.54, 1.807) is 72.8 Å². The van der Waals surface area contributed by atoms with Gasteiger partial charge in [-0.05, 0) is 79.3 Å². The first-order chi connectivity index (χ1) is 19.5. The highest BCUT2D eigenvalue weighted by Gasteiger charge is 2.12. The number of allylic oxidation sites excluding steroid dienone is 2. The summed E-state index contributed by atoms with van der Waals surface area (Å²) in [5.74, 6) is -0.349. The molecule has 0 fully saturated rings. The highest BCUT2D eigenvalue weighted by Crippen LogP contribution is 2.16. The summed E-state index contributed by atoms with van der Waals surface area (Å²) >= 11 is 0. The monoisotopic (exact) mass is 540 g/mol. The van der Waals surface area contributed by atoms with Gasteiger partial charge in [-0.25, -0.2) is 0 Å². The molecule has 206 valence electrons. The number of benzene rings is 3. The normalized spacial score (nSPS) is 16.9. The number of ether oxygens (including phenoxy) is 2. The summed E-state index contributed by atoms with van der Waals surface area (Å²) in [6, 6.07) is 20.4. The molecule has 4 heterocycles. The fourth-order valence-corrected chi connectivity index (χ4v) is 4.05. The van der Waals surface area contributed by atoms with Crippen molar-refractivity contribution in [1.82, 2.24) is 10.6 Å². The molecule has 0 aliphatic carbocycles. The molecule has 4 aliphatic heterocycles. The number of hydrogen-bond donors (Lipinski definition) is 2. The number of esters is 2. The molecule has 2 amide bonds. The van der Waals surface area contributed by atoms with Gasteiger partial charge in [-0.15, -0.1) is 0 Å². The average molecular weight is 541 g/mol. The third kappa shape index (κ3) is 8.94. The Hall–Kier alpha value is -4.72. The van der Waals surface area contributed by atoms with Crippen molar-refractivity contribution in [2.45, 2.75) is 51.6 Å². The van der Waals surface area contributed by atoms with Crippen LogP contribution in [0.25, 0.3) is 0 Å². The van der Waals surface area contributed by atoms with Crippen LogP contribution in [0.2, 0.25) is 0 Å². The summed E-state index contributed by atoms with van der Waals surface area (Å²) in [4.78, 5) is 49.7. The van der Waals surface area contributed by atoms with Crippen molar-refractivity contribution in [3.63, 3.8) is 0 Å². The predicted octanol–water partition coefficient (Wildman–Crippen LogP) is 5.27. The van der Waals surface area contributed by atoms with Crippen LogP contribution >= 0.6 is 0 Å². The van der Waals surface area contributed by atoms with Crippen molar-refractivity contribution in [3.05, 3.63) is 107 Å². The van der Waals surface area contributed by atoms with Crippen LogP contribution in [0.3, 0.4) is 0 Å². The maximum absolute atomic E-state index is 12.7. The number of amides is 2. The minimum Gasteiger partial charge on any atom is -0.427 e. The molecular weight excluding hydrogens is 508 g/mol. The Bertz CT molecular complexity index is 1260. The van der Waals surface area contributed by atoms with Crippen LogP contribution < -0.4 is 20.1 Å². The molecule has 0 aromatic heterocycles. The van der Waals surface area contributed by atoms with Gasteiger partial charge in [0, 0.05) is 37.1 Å². The predicted molar refractivity (Wildman–Crippen MR) is 150 cm³/mol. The first kappa shape index (κ1) is 28.3. The minimum atomic E-state index is -0.312. The third-order valence-corrected chi connectivity index (χ3v) is 6.27. The van der Waals surface area contributed by atoms with Crippen LogP contribution in [-0.4, -0.2) is 23.8 Å². The van der Waals surface area contributed by atoms with Crippen molar-refractivity contribution in [2.24, 2.45) is 0 Å². The number of hydrogen-bond acceptors (Lipinski definition) is 6. The number of carbonyl (C=O) groups is 4. The highest BCUT2D eigenvalue weighted by atomic mass is 16.5. The summed E-state index contributed by atoms with van der Waals surface area (Å²) in [5, 5.41) is 5.69. The number of carbonyl (C=O) groups excluding carboxylic acids is 4. The molecular formula is C32H32N2O6. The molecule has 3 aromatic rings. The van der Waals surface area contributed by atoms with Crippen molar-refractivity contribution in [2.75, 3.05) is 0 Å². The van der Waals surface area contributed by atoms with E-state index in [-0.39, 0.29) is 36.8 Å². The summed E-state index contributed by atoms with van der Waals surface area (Å²) in [5.41, 5.74) is 2.41. The summed E-state index contributed by atoms with van der Waals surface area (Å²) in [6.45, 7) is 0.558. The largest absolute Gasteiger partial charge is 0.427 e. The van der Waals surface area contributed by atoms with Gasteiger partial charge in [0.25, 0.3) is 11.8 Å². The zero-order valence-corrected chi connectivity index (χ0v) is 22.2. The highest BCUT2D eigenvalue weighted by molar-refractivity contribution is 5.99. The topological polar surface area (TPSA) is 111 Å². The molecule has 0 radical (unpaired) electrons. The van der Waals surface area contributed by atoms with E-state index in [4.69, 9.17) is 9.47 Å². The first-order valence-electron chi connectivity index (χ1n) is 13.4. The van der Waals surface area contributed by atoms with E-state index in [1.165, 1.54) is 0 Å². The lowest BCUT2D eigenvalue weighted by atomic mass is 10.1. The second-order valence-corrected chi connectivity index (χ2v) is 9.44. The molecule has 8 heteroatoms. The smallest absolute Gasteiger partial charge is 0.311 e. The van der Waals surface area contributed by atoms with Crippen LogP contribution in [0.1, 0.15) is 70.4 Å². The molecule has 3 aromatic carbocycles. The Labute approximate surface area is 233 Å². The van der Waals surface area contributed by atoms with E-state index in [2.05, 4.69) is 10.6 Å². The lowest BCUT2D eigenvalue weighted by Gasteiger charge is -2.09. The molecule has 4 aliphatic rings. The fourth-order valence-electron chi connectivity index (χ4n) is 4.05. The van der Waals surface area contributed by atoms with Crippen molar-refractivity contribution in [1.29, 1.82) is 0 Å². The quantitative estimate of drug-likeness (QED) is 0.228. The molecule has 0 saturated carbocycles. The lowest BCUT2D eigenvalue weighted by molar-refractivity contribution is -0.135. The molecule has 7 rings (SSSR count). The minimum absolute atomic E-state index is 0.279. The van der Waals surface area contributed by atoms with E-state index in [0.717, 1.165) is 24.0 Å². The molecule has 0 spiro atoms. The van der Waals surface area contributed by atoms with E-state index < -0.39 is 0 Å². The molecule has 6 bridgehead atoms. The van der Waals surface area contributed by atoms with Gasteiger partial charge in [-0.3, -0.25) is 19.2 Å². The molecule has 0 saturated heterocycles. The number of rotatable bonds is 0. The van der Waals surface area contributed by atoms with E-state index in [1.807, 2.05) is 12.2 Å². The van der Waals surface area contributed by atoms with Crippen molar-refractivity contribution >= 4 is 23.8 Å². The second-order valence-electron chi connectivity index (χ2n) is 9.44. The Balaban J connectivity index is 1.42. The molecule has 40 heavy (non-hydrogen) atoms. The Kier molecular flexibility index (Phi) is 10.2. The molecule has 0 atom stereocenters. The standard InChI is InChI=1S/C32H32N2O6/c35-29-10-5-3-1-2-4-6-11-30(36)40-28-18-14-24(15-19-28)22-34-32(38)26-9-7-8-25(20-26)31(37)33-21-23-12-16-27(39-29)17-13-23/h1-2,7-9,12-20H,3-6,10-11,21-22H2,(H,33,37)(H,34,38)/b2-1-. The van der Waals surface area contributed by atoms with E-state index in [9.17, 15) is 19.2 Å². The van der Waals surface area contributed by atoms with Gasteiger partial charge in [0.05, 0.1) is 0 Å². The lowest BCUT2D eigenvalue weighted by Crippen LogP contribution is -2.25. The summed E-state index contributed by atoms with van der Waals surface area (Å²) in [7, 11) is 0. The zero-order chi connectivity index (χ0) is 28.2. The van der Waals surface area contributed by atoms with Crippen LogP contribution in [0.4, 0.5) is 0 Å². The van der Waals surface area contributed by atoms with Crippen molar-refractivity contribution in [3.8, 4) is 11.5 Å². The Morgan fingerprint density at radius 1 is 0.550 bits per heavy atom. The zero-order valence-electron chi connectivity index (χ0n) is 22.2. The number of nitrogens with one attached hydrogen (secondary N) is 2. The van der Waals surface area contributed by atoms with Crippen LogP contribution in [0.5, 0.6) is 11.5 Å². The van der Waals surface area contributed by atoms with Gasteiger partial charge in [0.2, 0.25) is 0 Å². The SMILES string of the molecule is O=C1CCC/C=C\CCCC(=O)Oc2ccc(cc2)CNC(=O)c2cccc(c2)C(=O)NCc2ccc(cc2)O1. The maximum Gasteiger partial charge on any atom is 0.311 e. The van der Waals surface area contributed by atoms with Crippen molar-refractivity contribution < 1.29 is 28.7 Å². The second kappa shape index (κ2) is 14.4.